The molecule has 0 aliphatic carbocycles. The number of carbonyl (C=O) groups excluding carboxylic acids is 1. The first-order valence-corrected chi connectivity index (χ1v) is 9.23. The molecule has 2 heterocycles. The molecule has 0 saturated carbocycles. The van der Waals surface area contributed by atoms with Crippen LogP contribution in [0.25, 0.3) is 20.8 Å². The minimum atomic E-state index is -0.218. The second-order valence-corrected chi connectivity index (χ2v) is 7.03. The van der Waals surface area contributed by atoms with E-state index in [2.05, 4.69) is 21.7 Å². The fraction of sp³-hybridized carbons (Fsp3) is 0.263. The molecule has 0 bridgehead atoms. The Kier molecular flexibility index (Phi) is 4.63. The zero-order valence-corrected chi connectivity index (χ0v) is 14.5. The van der Waals surface area contributed by atoms with Gasteiger partial charge in [0.1, 0.15) is 5.01 Å². The molecular weight excluding hydrogens is 334 g/mol. The first-order valence-electron chi connectivity index (χ1n) is 8.41. The lowest BCUT2D eigenvalue weighted by atomic mass is 10.2. The number of aromatic nitrogens is 1. The number of hydrogen-bond donors (Lipinski definition) is 2. The highest BCUT2D eigenvalue weighted by Gasteiger charge is 2.17. The Morgan fingerprint density at radius 3 is 2.88 bits per heavy atom. The smallest absolute Gasteiger partial charge is 0.319 e. The van der Waals surface area contributed by atoms with E-state index in [9.17, 15) is 4.79 Å². The van der Waals surface area contributed by atoms with E-state index in [1.165, 1.54) is 0 Å². The summed E-state index contributed by atoms with van der Waals surface area (Å²) < 4.78 is 6.66. The van der Waals surface area contributed by atoms with E-state index < -0.39 is 0 Å². The van der Waals surface area contributed by atoms with E-state index in [1.807, 2.05) is 42.5 Å². The molecular formula is C19H19N3O2S. The largest absolute Gasteiger partial charge is 0.376 e. The molecule has 128 valence electrons. The van der Waals surface area contributed by atoms with Gasteiger partial charge in [0.15, 0.2) is 0 Å². The van der Waals surface area contributed by atoms with E-state index in [0.29, 0.717) is 6.54 Å². The predicted octanol–water partition coefficient (Wildman–Crippen LogP) is 4.26. The molecule has 5 nitrogen and oxygen atoms in total. The summed E-state index contributed by atoms with van der Waals surface area (Å²) in [5.74, 6) is 0. The van der Waals surface area contributed by atoms with Crippen molar-refractivity contribution in [1.29, 1.82) is 0 Å². The standard InChI is InChI=1S/C19H19N3O2S/c23-19(20-12-13-6-5-11-24-13)22-15-8-2-1-7-14(15)18-21-16-9-3-4-10-17(16)25-18/h1-4,7-10,13H,5-6,11-12H2,(H2,20,22,23). The van der Waals surface area contributed by atoms with Crippen LogP contribution in [0, 0.1) is 0 Å². The van der Waals surface area contributed by atoms with Crippen molar-refractivity contribution in [3.63, 3.8) is 0 Å². The molecule has 1 fully saturated rings. The van der Waals surface area contributed by atoms with Gasteiger partial charge in [-0.2, -0.15) is 0 Å². The van der Waals surface area contributed by atoms with E-state index in [-0.39, 0.29) is 12.1 Å². The van der Waals surface area contributed by atoms with E-state index in [4.69, 9.17) is 4.74 Å². The van der Waals surface area contributed by atoms with Crippen LogP contribution in [0.2, 0.25) is 0 Å². The maximum atomic E-state index is 12.2. The molecule has 2 aromatic carbocycles. The second kappa shape index (κ2) is 7.21. The third kappa shape index (κ3) is 3.65. The fourth-order valence-corrected chi connectivity index (χ4v) is 3.95. The maximum absolute atomic E-state index is 12.2. The SMILES string of the molecule is O=C(NCC1CCCO1)Nc1ccccc1-c1nc2ccccc2s1. The lowest BCUT2D eigenvalue weighted by Gasteiger charge is -2.13. The van der Waals surface area contributed by atoms with Crippen molar-refractivity contribution in [2.45, 2.75) is 18.9 Å². The summed E-state index contributed by atoms with van der Waals surface area (Å²) in [4.78, 5) is 16.9. The molecule has 0 spiro atoms. The Morgan fingerprint density at radius 2 is 2.04 bits per heavy atom. The van der Waals surface area contributed by atoms with Crippen LogP contribution in [-0.2, 0) is 4.74 Å². The van der Waals surface area contributed by atoms with Crippen molar-refractivity contribution in [1.82, 2.24) is 10.3 Å². The van der Waals surface area contributed by atoms with Crippen molar-refractivity contribution in [3.05, 3.63) is 48.5 Å². The Balaban J connectivity index is 1.51. The molecule has 1 aliphatic heterocycles. The molecule has 2 N–H and O–H groups in total. The van der Waals surface area contributed by atoms with E-state index >= 15 is 0 Å². The summed E-state index contributed by atoms with van der Waals surface area (Å²) in [6, 6.07) is 15.6. The van der Waals surface area contributed by atoms with Crippen LogP contribution >= 0.6 is 11.3 Å². The number of thiazole rings is 1. The minimum absolute atomic E-state index is 0.130. The first-order chi connectivity index (χ1) is 12.3. The second-order valence-electron chi connectivity index (χ2n) is 6.00. The lowest BCUT2D eigenvalue weighted by molar-refractivity contribution is 0.112. The fourth-order valence-electron chi connectivity index (χ4n) is 2.94. The van der Waals surface area contributed by atoms with Crippen molar-refractivity contribution in [3.8, 4) is 10.6 Å². The molecule has 1 saturated heterocycles. The summed E-state index contributed by atoms with van der Waals surface area (Å²) in [7, 11) is 0. The summed E-state index contributed by atoms with van der Waals surface area (Å²) in [6.07, 6.45) is 2.20. The van der Waals surface area contributed by atoms with Crippen LogP contribution in [0.15, 0.2) is 48.5 Å². The molecule has 4 rings (SSSR count). The topological polar surface area (TPSA) is 63.2 Å². The van der Waals surface area contributed by atoms with Gasteiger partial charge in [-0.25, -0.2) is 9.78 Å². The number of benzene rings is 2. The number of fused-ring (bicyclic) bond motifs is 1. The van der Waals surface area contributed by atoms with Crippen LogP contribution in [0.1, 0.15) is 12.8 Å². The van der Waals surface area contributed by atoms with Gasteiger partial charge in [0.05, 0.1) is 22.0 Å². The Morgan fingerprint density at radius 1 is 1.20 bits per heavy atom. The van der Waals surface area contributed by atoms with Gasteiger partial charge in [-0.15, -0.1) is 11.3 Å². The Hall–Kier alpha value is -2.44. The molecule has 25 heavy (non-hydrogen) atoms. The lowest BCUT2D eigenvalue weighted by Crippen LogP contribution is -2.35. The molecule has 1 unspecified atom stereocenters. The van der Waals surface area contributed by atoms with E-state index in [0.717, 1.165) is 45.9 Å². The molecule has 2 amide bonds. The summed E-state index contributed by atoms with van der Waals surface area (Å²) >= 11 is 1.62. The Labute approximate surface area is 150 Å². The van der Waals surface area contributed by atoms with Gasteiger partial charge in [-0.1, -0.05) is 24.3 Å². The average molecular weight is 353 g/mol. The third-order valence-corrected chi connectivity index (χ3v) is 5.28. The number of nitrogens with zero attached hydrogens (tertiary/aromatic N) is 1. The quantitative estimate of drug-likeness (QED) is 0.736. The summed E-state index contributed by atoms with van der Waals surface area (Å²) in [5, 5.41) is 6.72. The zero-order chi connectivity index (χ0) is 17.1. The third-order valence-electron chi connectivity index (χ3n) is 4.21. The molecule has 3 aromatic rings. The number of anilines is 1. The van der Waals surface area contributed by atoms with Gasteiger partial charge >= 0.3 is 6.03 Å². The maximum Gasteiger partial charge on any atom is 0.319 e. The number of para-hydroxylation sites is 2. The van der Waals surface area contributed by atoms with Gasteiger partial charge in [0.25, 0.3) is 0 Å². The van der Waals surface area contributed by atoms with Crippen molar-refractivity contribution < 1.29 is 9.53 Å². The van der Waals surface area contributed by atoms with Crippen LogP contribution < -0.4 is 10.6 Å². The van der Waals surface area contributed by atoms with Gasteiger partial charge in [0.2, 0.25) is 0 Å². The molecule has 1 atom stereocenters. The number of rotatable bonds is 4. The monoisotopic (exact) mass is 353 g/mol. The van der Waals surface area contributed by atoms with Crippen molar-refractivity contribution in [2.24, 2.45) is 0 Å². The summed E-state index contributed by atoms with van der Waals surface area (Å²) in [5.41, 5.74) is 2.66. The zero-order valence-electron chi connectivity index (χ0n) is 13.7. The van der Waals surface area contributed by atoms with E-state index in [1.54, 1.807) is 11.3 Å². The number of hydrogen-bond acceptors (Lipinski definition) is 4. The van der Waals surface area contributed by atoms with Gasteiger partial charge in [-0.05, 0) is 37.1 Å². The van der Waals surface area contributed by atoms with Crippen molar-refractivity contribution >= 4 is 33.3 Å². The summed E-state index contributed by atoms with van der Waals surface area (Å²) in [6.45, 7) is 1.32. The molecule has 1 aromatic heterocycles. The average Bonchev–Trinajstić information content (AvgIpc) is 3.30. The highest BCUT2D eigenvalue weighted by atomic mass is 32.1. The van der Waals surface area contributed by atoms with Crippen LogP contribution in [0.4, 0.5) is 10.5 Å². The van der Waals surface area contributed by atoms with Gasteiger partial charge in [0, 0.05) is 18.7 Å². The minimum Gasteiger partial charge on any atom is -0.376 e. The van der Waals surface area contributed by atoms with Crippen molar-refractivity contribution in [2.75, 3.05) is 18.5 Å². The first kappa shape index (κ1) is 16.1. The number of carbonyl (C=O) groups is 1. The predicted molar refractivity (Wildman–Crippen MR) is 101 cm³/mol. The molecule has 1 aliphatic rings. The van der Waals surface area contributed by atoms with Crippen LogP contribution in [0.5, 0.6) is 0 Å². The van der Waals surface area contributed by atoms with Crippen LogP contribution in [-0.4, -0.2) is 30.3 Å². The number of ether oxygens (including phenoxy) is 1. The van der Waals surface area contributed by atoms with Gasteiger partial charge in [-0.3, -0.25) is 0 Å². The highest BCUT2D eigenvalue weighted by molar-refractivity contribution is 7.21. The Bertz CT molecular complexity index is 854. The normalized spacial score (nSPS) is 16.9. The highest BCUT2D eigenvalue weighted by Crippen LogP contribution is 2.34. The van der Waals surface area contributed by atoms with Gasteiger partial charge < -0.3 is 15.4 Å². The molecule has 6 heteroatoms. The number of amides is 2. The van der Waals surface area contributed by atoms with Crippen LogP contribution in [0.3, 0.4) is 0 Å². The molecule has 0 radical (unpaired) electrons. The number of nitrogens with one attached hydrogen (secondary N) is 2. The number of urea groups is 1.